The third kappa shape index (κ3) is 2.70. The zero-order valence-corrected chi connectivity index (χ0v) is 10.1. The van der Waals surface area contributed by atoms with Gasteiger partial charge in [0.1, 0.15) is 5.82 Å². The van der Waals surface area contributed by atoms with Gasteiger partial charge >= 0.3 is 0 Å². The summed E-state index contributed by atoms with van der Waals surface area (Å²) in [6.45, 7) is 0.365. The third-order valence-electron chi connectivity index (χ3n) is 3.29. The number of nitrogens with two attached hydrogens (primary N) is 2. The molecule has 1 aliphatic rings. The van der Waals surface area contributed by atoms with E-state index in [-0.39, 0.29) is 5.56 Å². The monoisotopic (exact) mass is 250 g/mol. The van der Waals surface area contributed by atoms with E-state index in [1.165, 1.54) is 12.3 Å². The molecule has 0 bridgehead atoms. The Morgan fingerprint density at radius 1 is 1.50 bits per heavy atom. The standard InChI is InChI=1S/C12H18N4O2/c13-8-5-9(10(14)17)11(15-6-8)16-7-12(18)3-1-2-4-12/h5-6,18H,1-4,7,13H2,(H2,14,17)(H,15,16). The fraction of sp³-hybridized carbons (Fsp3) is 0.500. The second-order valence-electron chi connectivity index (χ2n) is 4.81. The van der Waals surface area contributed by atoms with Gasteiger partial charge in [-0.1, -0.05) is 12.8 Å². The number of aromatic nitrogens is 1. The van der Waals surface area contributed by atoms with Crippen molar-refractivity contribution in [3.8, 4) is 0 Å². The van der Waals surface area contributed by atoms with Crippen LogP contribution in [-0.2, 0) is 0 Å². The van der Waals surface area contributed by atoms with Gasteiger partial charge in [0.25, 0.3) is 5.91 Å². The van der Waals surface area contributed by atoms with Crippen LogP contribution in [0.25, 0.3) is 0 Å². The van der Waals surface area contributed by atoms with Crippen LogP contribution in [-0.4, -0.2) is 28.1 Å². The predicted molar refractivity (Wildman–Crippen MR) is 69.1 cm³/mol. The van der Waals surface area contributed by atoms with Crippen LogP contribution >= 0.6 is 0 Å². The molecular weight excluding hydrogens is 232 g/mol. The molecule has 1 heterocycles. The molecule has 6 heteroatoms. The molecule has 0 aliphatic heterocycles. The first-order chi connectivity index (χ1) is 8.50. The minimum absolute atomic E-state index is 0.247. The number of nitrogens with zero attached hydrogens (tertiary/aromatic N) is 1. The molecule has 6 nitrogen and oxygen atoms in total. The number of rotatable bonds is 4. The number of amides is 1. The number of hydrogen-bond acceptors (Lipinski definition) is 5. The van der Waals surface area contributed by atoms with E-state index in [0.717, 1.165) is 25.7 Å². The van der Waals surface area contributed by atoms with Crippen LogP contribution in [0.2, 0.25) is 0 Å². The number of pyridine rings is 1. The molecule has 1 aliphatic carbocycles. The molecule has 1 aromatic heterocycles. The van der Waals surface area contributed by atoms with Crippen LogP contribution in [0.4, 0.5) is 11.5 Å². The van der Waals surface area contributed by atoms with Gasteiger partial charge in [0.05, 0.1) is 23.0 Å². The van der Waals surface area contributed by atoms with E-state index in [1.54, 1.807) is 0 Å². The van der Waals surface area contributed by atoms with Crippen molar-refractivity contribution in [3.63, 3.8) is 0 Å². The van der Waals surface area contributed by atoms with Gasteiger partial charge in [0.2, 0.25) is 0 Å². The smallest absolute Gasteiger partial charge is 0.252 e. The summed E-state index contributed by atoms with van der Waals surface area (Å²) in [5.74, 6) is -0.215. The summed E-state index contributed by atoms with van der Waals surface area (Å²) in [4.78, 5) is 15.3. The van der Waals surface area contributed by atoms with Crippen molar-refractivity contribution < 1.29 is 9.90 Å². The largest absolute Gasteiger partial charge is 0.397 e. The second-order valence-corrected chi connectivity index (χ2v) is 4.81. The Balaban J connectivity index is 2.11. The lowest BCUT2D eigenvalue weighted by atomic mass is 10.0. The molecule has 0 unspecified atom stereocenters. The Kier molecular flexibility index (Phi) is 3.38. The van der Waals surface area contributed by atoms with E-state index >= 15 is 0 Å². The summed E-state index contributed by atoms with van der Waals surface area (Å²) in [5.41, 5.74) is 10.7. The quantitative estimate of drug-likeness (QED) is 0.620. The molecule has 0 spiro atoms. The lowest BCUT2D eigenvalue weighted by molar-refractivity contribution is 0.0613. The Bertz CT molecular complexity index is 455. The topological polar surface area (TPSA) is 114 Å². The van der Waals surface area contributed by atoms with Crippen molar-refractivity contribution in [1.29, 1.82) is 0 Å². The van der Waals surface area contributed by atoms with E-state index in [4.69, 9.17) is 11.5 Å². The number of nitrogens with one attached hydrogen (secondary N) is 1. The van der Waals surface area contributed by atoms with Gasteiger partial charge in [-0.25, -0.2) is 4.98 Å². The van der Waals surface area contributed by atoms with Crippen molar-refractivity contribution in [2.24, 2.45) is 5.73 Å². The average molecular weight is 250 g/mol. The number of carbonyl (C=O) groups is 1. The number of hydrogen-bond donors (Lipinski definition) is 4. The molecule has 0 aromatic carbocycles. The zero-order valence-electron chi connectivity index (χ0n) is 10.1. The molecule has 2 rings (SSSR count). The molecule has 18 heavy (non-hydrogen) atoms. The molecular formula is C12H18N4O2. The number of primary amides is 1. The third-order valence-corrected chi connectivity index (χ3v) is 3.29. The lowest BCUT2D eigenvalue weighted by Gasteiger charge is -2.23. The summed E-state index contributed by atoms with van der Waals surface area (Å²) in [6.07, 6.45) is 5.03. The van der Waals surface area contributed by atoms with Gasteiger partial charge < -0.3 is 21.9 Å². The van der Waals surface area contributed by atoms with Crippen LogP contribution in [0.15, 0.2) is 12.3 Å². The fourth-order valence-corrected chi connectivity index (χ4v) is 2.27. The van der Waals surface area contributed by atoms with Gasteiger partial charge in [-0.2, -0.15) is 0 Å². The summed E-state index contributed by atoms with van der Waals surface area (Å²) >= 11 is 0. The van der Waals surface area contributed by atoms with E-state index < -0.39 is 11.5 Å². The first kappa shape index (κ1) is 12.6. The first-order valence-corrected chi connectivity index (χ1v) is 6.02. The molecule has 6 N–H and O–H groups in total. The molecule has 1 fully saturated rings. The first-order valence-electron chi connectivity index (χ1n) is 6.02. The Morgan fingerprint density at radius 3 is 2.78 bits per heavy atom. The molecule has 1 amide bonds. The van der Waals surface area contributed by atoms with Crippen molar-refractivity contribution in [2.75, 3.05) is 17.6 Å². The van der Waals surface area contributed by atoms with Crippen LogP contribution in [0, 0.1) is 0 Å². The summed E-state index contributed by atoms with van der Waals surface area (Å²) in [5, 5.41) is 13.2. The SMILES string of the molecule is NC(=O)c1cc(N)cnc1NCC1(O)CCCC1. The number of nitrogen functional groups attached to an aromatic ring is 1. The molecule has 0 atom stereocenters. The Hall–Kier alpha value is -1.82. The van der Waals surface area contributed by atoms with E-state index in [0.29, 0.717) is 18.1 Å². The number of carbonyl (C=O) groups excluding carboxylic acids is 1. The van der Waals surface area contributed by atoms with Gasteiger partial charge in [-0.3, -0.25) is 4.79 Å². The Labute approximate surface area is 105 Å². The molecule has 1 aromatic rings. The minimum atomic E-state index is -0.710. The summed E-state index contributed by atoms with van der Waals surface area (Å²) < 4.78 is 0. The van der Waals surface area contributed by atoms with Crippen LogP contribution < -0.4 is 16.8 Å². The highest BCUT2D eigenvalue weighted by atomic mass is 16.3. The molecule has 98 valence electrons. The second kappa shape index (κ2) is 4.81. The van der Waals surface area contributed by atoms with Gasteiger partial charge in [0, 0.05) is 6.54 Å². The van der Waals surface area contributed by atoms with Crippen molar-refractivity contribution in [1.82, 2.24) is 4.98 Å². The fourth-order valence-electron chi connectivity index (χ4n) is 2.27. The predicted octanol–water partition coefficient (Wildman–Crippen LogP) is 0.480. The number of aliphatic hydroxyl groups is 1. The van der Waals surface area contributed by atoms with Gasteiger partial charge in [0.15, 0.2) is 0 Å². The lowest BCUT2D eigenvalue weighted by Crippen LogP contribution is -2.34. The average Bonchev–Trinajstić information content (AvgIpc) is 2.75. The highest BCUT2D eigenvalue weighted by molar-refractivity contribution is 5.98. The summed E-state index contributed by atoms with van der Waals surface area (Å²) in [7, 11) is 0. The van der Waals surface area contributed by atoms with E-state index in [2.05, 4.69) is 10.3 Å². The molecule has 0 radical (unpaired) electrons. The van der Waals surface area contributed by atoms with E-state index in [1.807, 2.05) is 0 Å². The van der Waals surface area contributed by atoms with Crippen molar-refractivity contribution in [2.45, 2.75) is 31.3 Å². The van der Waals surface area contributed by atoms with Crippen LogP contribution in [0.1, 0.15) is 36.0 Å². The molecule has 0 saturated heterocycles. The molecule has 1 saturated carbocycles. The van der Waals surface area contributed by atoms with Gasteiger partial charge in [-0.15, -0.1) is 0 Å². The van der Waals surface area contributed by atoms with Crippen molar-refractivity contribution >= 4 is 17.4 Å². The highest BCUT2D eigenvalue weighted by Gasteiger charge is 2.31. The maximum atomic E-state index is 11.3. The maximum absolute atomic E-state index is 11.3. The highest BCUT2D eigenvalue weighted by Crippen LogP contribution is 2.29. The summed E-state index contributed by atoms with van der Waals surface area (Å²) in [6, 6.07) is 1.48. The maximum Gasteiger partial charge on any atom is 0.252 e. The minimum Gasteiger partial charge on any atom is -0.397 e. The van der Waals surface area contributed by atoms with Crippen LogP contribution in [0.5, 0.6) is 0 Å². The normalized spacial score (nSPS) is 17.6. The Morgan fingerprint density at radius 2 is 2.17 bits per heavy atom. The van der Waals surface area contributed by atoms with Crippen molar-refractivity contribution in [3.05, 3.63) is 17.8 Å². The van der Waals surface area contributed by atoms with E-state index in [9.17, 15) is 9.90 Å². The van der Waals surface area contributed by atoms with Crippen LogP contribution in [0.3, 0.4) is 0 Å². The zero-order chi connectivity index (χ0) is 13.2. The number of anilines is 2. The van der Waals surface area contributed by atoms with Gasteiger partial charge in [-0.05, 0) is 18.9 Å².